The fraction of sp³-hybridized carbons (Fsp3) is 0.750. The van der Waals surface area contributed by atoms with Gasteiger partial charge in [-0.15, -0.1) is 0 Å². The highest BCUT2D eigenvalue weighted by atomic mass is 14.1. The van der Waals surface area contributed by atoms with E-state index in [9.17, 15) is 0 Å². The molecule has 0 rings (SSSR count). The van der Waals surface area contributed by atoms with Gasteiger partial charge in [0.25, 0.3) is 0 Å². The minimum atomic E-state index is 0.731. The summed E-state index contributed by atoms with van der Waals surface area (Å²) < 4.78 is 0. The molecule has 0 aromatic carbocycles. The van der Waals surface area contributed by atoms with Crippen LogP contribution in [-0.4, -0.2) is 0 Å². The highest BCUT2D eigenvalue weighted by molar-refractivity contribution is 4.94. The zero-order chi connectivity index (χ0) is 12.4. The molecule has 0 aromatic rings. The molecule has 0 N–H and O–H groups in total. The third kappa shape index (κ3) is 8.76. The van der Waals surface area contributed by atoms with E-state index in [4.69, 9.17) is 0 Å². The van der Waals surface area contributed by atoms with Crippen LogP contribution < -0.4 is 0 Å². The second-order valence-electron chi connectivity index (χ2n) is 5.32. The standard InChI is InChI=1S/C16H30/c1-6-15(4)12-10-8-7-9-11-13-16(5)14(2)3/h7,9-10,12,14-16H,6,8,11,13H2,1-5H3. The van der Waals surface area contributed by atoms with Crippen LogP contribution in [0, 0.1) is 17.8 Å². The molecule has 0 heteroatoms. The molecule has 94 valence electrons. The van der Waals surface area contributed by atoms with E-state index in [1.807, 2.05) is 0 Å². The SMILES string of the molecule is CCC(C)C=CCC=CCCC(C)C(C)C. The van der Waals surface area contributed by atoms with E-state index in [1.54, 1.807) is 0 Å². The van der Waals surface area contributed by atoms with Crippen molar-refractivity contribution in [1.82, 2.24) is 0 Å². The lowest BCUT2D eigenvalue weighted by Crippen LogP contribution is -2.02. The Bertz CT molecular complexity index is 198. The minimum absolute atomic E-state index is 0.731. The normalized spacial score (nSPS) is 16.4. The van der Waals surface area contributed by atoms with Gasteiger partial charge in [0, 0.05) is 0 Å². The van der Waals surface area contributed by atoms with Crippen LogP contribution in [0.5, 0.6) is 0 Å². The van der Waals surface area contributed by atoms with Crippen LogP contribution in [0.15, 0.2) is 24.3 Å². The second kappa shape index (κ2) is 9.69. The first-order chi connectivity index (χ1) is 7.57. The van der Waals surface area contributed by atoms with Crippen LogP contribution in [0.4, 0.5) is 0 Å². The Morgan fingerprint density at radius 1 is 0.938 bits per heavy atom. The molecule has 0 fully saturated rings. The van der Waals surface area contributed by atoms with Crippen LogP contribution in [0.2, 0.25) is 0 Å². The van der Waals surface area contributed by atoms with Crippen LogP contribution in [-0.2, 0) is 0 Å². The van der Waals surface area contributed by atoms with E-state index in [2.05, 4.69) is 58.9 Å². The van der Waals surface area contributed by atoms with Gasteiger partial charge < -0.3 is 0 Å². The maximum Gasteiger partial charge on any atom is -0.0169 e. The van der Waals surface area contributed by atoms with E-state index < -0.39 is 0 Å². The first kappa shape index (κ1) is 15.5. The van der Waals surface area contributed by atoms with Crippen molar-refractivity contribution >= 4 is 0 Å². The first-order valence-corrected chi connectivity index (χ1v) is 6.89. The Kier molecular flexibility index (Phi) is 9.37. The molecule has 0 saturated heterocycles. The Labute approximate surface area is 103 Å². The summed E-state index contributed by atoms with van der Waals surface area (Å²) in [4.78, 5) is 0. The number of allylic oxidation sites excluding steroid dienone is 4. The third-order valence-electron chi connectivity index (χ3n) is 3.47. The van der Waals surface area contributed by atoms with Gasteiger partial charge in [0.2, 0.25) is 0 Å². The second-order valence-corrected chi connectivity index (χ2v) is 5.32. The third-order valence-corrected chi connectivity index (χ3v) is 3.47. The average Bonchev–Trinajstić information content (AvgIpc) is 2.26. The summed E-state index contributed by atoms with van der Waals surface area (Å²) in [6.07, 6.45) is 14.1. The topological polar surface area (TPSA) is 0 Å². The molecule has 2 unspecified atom stereocenters. The molecule has 0 aromatic heterocycles. The molecule has 0 saturated carbocycles. The fourth-order valence-corrected chi connectivity index (χ4v) is 1.43. The van der Waals surface area contributed by atoms with Gasteiger partial charge in [-0.3, -0.25) is 0 Å². The van der Waals surface area contributed by atoms with Crippen LogP contribution in [0.25, 0.3) is 0 Å². The predicted molar refractivity (Wildman–Crippen MR) is 75.6 cm³/mol. The number of rotatable bonds is 8. The van der Waals surface area contributed by atoms with Gasteiger partial charge in [0.05, 0.1) is 0 Å². The van der Waals surface area contributed by atoms with Crippen molar-refractivity contribution in [3.8, 4) is 0 Å². The smallest absolute Gasteiger partial charge is 0.0169 e. The fourth-order valence-electron chi connectivity index (χ4n) is 1.43. The Morgan fingerprint density at radius 3 is 2.19 bits per heavy atom. The highest BCUT2D eigenvalue weighted by Crippen LogP contribution is 2.16. The van der Waals surface area contributed by atoms with Crippen molar-refractivity contribution in [3.05, 3.63) is 24.3 Å². The Hall–Kier alpha value is -0.520. The molecule has 0 heterocycles. The number of hydrogen-bond acceptors (Lipinski definition) is 0. The Balaban J connectivity index is 3.52. The summed E-state index contributed by atoms with van der Waals surface area (Å²) in [5.74, 6) is 2.40. The molecule has 0 radical (unpaired) electrons. The summed E-state index contributed by atoms with van der Waals surface area (Å²) in [5, 5.41) is 0. The van der Waals surface area contributed by atoms with Gasteiger partial charge in [0.15, 0.2) is 0 Å². The van der Waals surface area contributed by atoms with E-state index in [0.29, 0.717) is 0 Å². The van der Waals surface area contributed by atoms with Crippen LogP contribution in [0.1, 0.15) is 60.3 Å². The van der Waals surface area contributed by atoms with Gasteiger partial charge in [-0.1, -0.05) is 65.3 Å². The zero-order valence-corrected chi connectivity index (χ0v) is 11.9. The monoisotopic (exact) mass is 222 g/mol. The molecule has 0 aliphatic heterocycles. The van der Waals surface area contributed by atoms with Crippen LogP contribution >= 0.6 is 0 Å². The lowest BCUT2D eigenvalue weighted by atomic mass is 9.93. The zero-order valence-electron chi connectivity index (χ0n) is 11.9. The maximum absolute atomic E-state index is 2.35. The molecule has 16 heavy (non-hydrogen) atoms. The van der Waals surface area contributed by atoms with Crippen LogP contribution in [0.3, 0.4) is 0 Å². The molecule has 2 atom stereocenters. The quantitative estimate of drug-likeness (QED) is 0.468. The van der Waals surface area contributed by atoms with Gasteiger partial charge >= 0.3 is 0 Å². The van der Waals surface area contributed by atoms with Gasteiger partial charge in [-0.2, -0.15) is 0 Å². The molecular formula is C16H30. The molecule has 0 spiro atoms. The number of hydrogen-bond donors (Lipinski definition) is 0. The summed E-state index contributed by atoms with van der Waals surface area (Å²) in [6, 6.07) is 0. The van der Waals surface area contributed by atoms with Gasteiger partial charge in [-0.25, -0.2) is 0 Å². The van der Waals surface area contributed by atoms with Crippen molar-refractivity contribution in [1.29, 1.82) is 0 Å². The highest BCUT2D eigenvalue weighted by Gasteiger charge is 2.04. The van der Waals surface area contributed by atoms with E-state index in [-0.39, 0.29) is 0 Å². The van der Waals surface area contributed by atoms with E-state index in [1.165, 1.54) is 19.3 Å². The lowest BCUT2D eigenvalue weighted by molar-refractivity contribution is 0.395. The van der Waals surface area contributed by atoms with Crippen molar-refractivity contribution < 1.29 is 0 Å². The predicted octanol–water partition coefficient (Wildman–Crippen LogP) is 5.61. The molecule has 0 aliphatic carbocycles. The summed E-state index contributed by atoms with van der Waals surface area (Å²) >= 11 is 0. The summed E-state index contributed by atoms with van der Waals surface area (Å²) in [6.45, 7) is 11.5. The average molecular weight is 222 g/mol. The van der Waals surface area contributed by atoms with E-state index >= 15 is 0 Å². The van der Waals surface area contributed by atoms with Crippen molar-refractivity contribution in [2.24, 2.45) is 17.8 Å². The van der Waals surface area contributed by atoms with Crippen molar-refractivity contribution in [2.45, 2.75) is 60.3 Å². The van der Waals surface area contributed by atoms with Crippen molar-refractivity contribution in [3.63, 3.8) is 0 Å². The van der Waals surface area contributed by atoms with Gasteiger partial charge in [0.1, 0.15) is 0 Å². The minimum Gasteiger partial charge on any atom is -0.0882 e. The molecular weight excluding hydrogens is 192 g/mol. The largest absolute Gasteiger partial charge is 0.0882 e. The molecule has 0 bridgehead atoms. The summed E-state index contributed by atoms with van der Waals surface area (Å²) in [7, 11) is 0. The first-order valence-electron chi connectivity index (χ1n) is 6.89. The van der Waals surface area contributed by atoms with Crippen molar-refractivity contribution in [2.75, 3.05) is 0 Å². The van der Waals surface area contributed by atoms with Gasteiger partial charge in [-0.05, 0) is 37.0 Å². The summed E-state index contributed by atoms with van der Waals surface area (Å²) in [5.41, 5.74) is 0. The molecule has 0 aliphatic rings. The molecule has 0 amide bonds. The molecule has 0 nitrogen and oxygen atoms in total. The van der Waals surface area contributed by atoms with E-state index in [0.717, 1.165) is 24.2 Å². The Morgan fingerprint density at radius 2 is 1.62 bits per heavy atom. The lowest BCUT2D eigenvalue weighted by Gasteiger charge is -2.13. The maximum atomic E-state index is 2.35.